The molecule has 0 aromatic carbocycles. The first kappa shape index (κ1) is 8.27. The molecular formula is C8H12O3. The molecule has 1 aliphatic rings. The lowest BCUT2D eigenvalue weighted by molar-refractivity contribution is -0.145. The Kier molecular flexibility index (Phi) is 2.00. The Morgan fingerprint density at radius 1 is 1.73 bits per heavy atom. The van der Waals surface area contributed by atoms with Crippen LogP contribution >= 0.6 is 0 Å². The van der Waals surface area contributed by atoms with Crippen molar-refractivity contribution in [1.82, 2.24) is 0 Å². The Hall–Kier alpha value is -0.830. The highest BCUT2D eigenvalue weighted by Gasteiger charge is 2.32. The number of aliphatic hydroxyl groups excluding tert-OH is 1. The van der Waals surface area contributed by atoms with Gasteiger partial charge in [-0.15, -0.1) is 0 Å². The minimum atomic E-state index is -0.819. The van der Waals surface area contributed by atoms with E-state index >= 15 is 0 Å². The van der Waals surface area contributed by atoms with Gasteiger partial charge < -0.3 is 10.2 Å². The highest BCUT2D eigenvalue weighted by molar-refractivity contribution is 5.76. The Morgan fingerprint density at radius 2 is 2.36 bits per heavy atom. The molecule has 2 N–H and O–H groups in total. The molecule has 0 aromatic heterocycles. The van der Waals surface area contributed by atoms with Crippen LogP contribution in [0.4, 0.5) is 0 Å². The van der Waals surface area contributed by atoms with E-state index in [-0.39, 0.29) is 0 Å². The molecule has 0 saturated heterocycles. The number of aliphatic hydroxyl groups is 1. The second-order valence-corrected chi connectivity index (χ2v) is 3.19. The van der Waals surface area contributed by atoms with E-state index in [1.165, 1.54) is 0 Å². The van der Waals surface area contributed by atoms with Gasteiger partial charge >= 0.3 is 5.97 Å². The molecule has 1 aliphatic carbocycles. The number of carbonyl (C=O) groups is 1. The van der Waals surface area contributed by atoms with Crippen molar-refractivity contribution in [2.24, 2.45) is 5.41 Å². The van der Waals surface area contributed by atoms with Crippen molar-refractivity contribution in [2.75, 3.05) is 0 Å². The zero-order valence-electron chi connectivity index (χ0n) is 6.45. The Labute approximate surface area is 65.3 Å². The third-order valence-electron chi connectivity index (χ3n) is 2.13. The van der Waals surface area contributed by atoms with E-state index < -0.39 is 17.5 Å². The Balaban J connectivity index is 2.76. The minimum Gasteiger partial charge on any atom is -0.481 e. The molecule has 0 radical (unpaired) electrons. The molecule has 2 unspecified atom stereocenters. The first-order valence-electron chi connectivity index (χ1n) is 3.65. The molecule has 3 nitrogen and oxygen atoms in total. The summed E-state index contributed by atoms with van der Waals surface area (Å²) in [6.45, 7) is 1.66. The van der Waals surface area contributed by atoms with Gasteiger partial charge in [0.15, 0.2) is 0 Å². The van der Waals surface area contributed by atoms with Crippen LogP contribution in [0.2, 0.25) is 0 Å². The van der Waals surface area contributed by atoms with Crippen LogP contribution in [0.25, 0.3) is 0 Å². The van der Waals surface area contributed by atoms with Crippen LogP contribution in [0, 0.1) is 5.41 Å². The zero-order valence-corrected chi connectivity index (χ0v) is 6.45. The normalized spacial score (nSPS) is 37.1. The molecular weight excluding hydrogens is 144 g/mol. The van der Waals surface area contributed by atoms with Gasteiger partial charge in [0.1, 0.15) is 0 Å². The lowest BCUT2D eigenvalue weighted by atomic mass is 9.80. The summed E-state index contributed by atoms with van der Waals surface area (Å²) in [5.41, 5.74) is -0.765. The molecule has 0 amide bonds. The Bertz CT molecular complexity index is 198. The van der Waals surface area contributed by atoms with E-state index in [9.17, 15) is 4.79 Å². The molecule has 0 bridgehead atoms. The number of hydrogen-bond donors (Lipinski definition) is 2. The van der Waals surface area contributed by atoms with Crippen molar-refractivity contribution in [3.8, 4) is 0 Å². The zero-order chi connectivity index (χ0) is 8.48. The van der Waals surface area contributed by atoms with Crippen molar-refractivity contribution in [3.63, 3.8) is 0 Å². The number of carboxylic acids is 1. The van der Waals surface area contributed by atoms with Gasteiger partial charge in [0, 0.05) is 0 Å². The molecule has 11 heavy (non-hydrogen) atoms. The van der Waals surface area contributed by atoms with Crippen LogP contribution in [0.3, 0.4) is 0 Å². The van der Waals surface area contributed by atoms with E-state index in [0.717, 1.165) is 0 Å². The van der Waals surface area contributed by atoms with Gasteiger partial charge in [-0.2, -0.15) is 0 Å². The fourth-order valence-electron chi connectivity index (χ4n) is 1.13. The highest BCUT2D eigenvalue weighted by atomic mass is 16.4. The molecule has 0 aliphatic heterocycles. The molecule has 0 spiro atoms. The summed E-state index contributed by atoms with van der Waals surface area (Å²) in [7, 11) is 0. The lowest BCUT2D eigenvalue weighted by Crippen LogP contribution is -2.29. The molecule has 0 fully saturated rings. The van der Waals surface area contributed by atoms with Gasteiger partial charge in [-0.3, -0.25) is 4.79 Å². The van der Waals surface area contributed by atoms with Crippen LogP contribution < -0.4 is 0 Å². The largest absolute Gasteiger partial charge is 0.481 e. The summed E-state index contributed by atoms with van der Waals surface area (Å²) < 4.78 is 0. The van der Waals surface area contributed by atoms with Crippen molar-refractivity contribution in [3.05, 3.63) is 12.2 Å². The second-order valence-electron chi connectivity index (χ2n) is 3.19. The van der Waals surface area contributed by atoms with Crippen molar-refractivity contribution >= 4 is 5.97 Å². The van der Waals surface area contributed by atoms with E-state index in [1.807, 2.05) is 0 Å². The van der Waals surface area contributed by atoms with Crippen LogP contribution in [0.15, 0.2) is 12.2 Å². The third kappa shape index (κ3) is 1.60. The standard InChI is InChI=1S/C8H12O3/c1-8(7(10)11)4-2-6(9)3-5-8/h2,4,6,9H,3,5H2,1H3,(H,10,11). The molecule has 62 valence electrons. The topological polar surface area (TPSA) is 57.5 Å². The van der Waals surface area contributed by atoms with Crippen LogP contribution in [0.1, 0.15) is 19.8 Å². The summed E-state index contributed by atoms with van der Waals surface area (Å²) in [6.07, 6.45) is 3.72. The average molecular weight is 156 g/mol. The van der Waals surface area contributed by atoms with Gasteiger partial charge in [-0.05, 0) is 19.8 Å². The molecule has 0 heterocycles. The first-order chi connectivity index (χ1) is 5.04. The van der Waals surface area contributed by atoms with E-state index in [2.05, 4.69) is 0 Å². The number of carboxylic acid groups (broad SMARTS) is 1. The van der Waals surface area contributed by atoms with E-state index in [4.69, 9.17) is 10.2 Å². The highest BCUT2D eigenvalue weighted by Crippen LogP contribution is 2.30. The molecule has 3 heteroatoms. The van der Waals surface area contributed by atoms with Crippen LogP contribution in [-0.2, 0) is 4.79 Å². The summed E-state index contributed by atoms with van der Waals surface area (Å²) in [5, 5.41) is 17.8. The SMILES string of the molecule is CC1(C(=O)O)C=CC(O)CC1. The van der Waals surface area contributed by atoms with Gasteiger partial charge in [-0.25, -0.2) is 0 Å². The maximum absolute atomic E-state index is 10.6. The van der Waals surface area contributed by atoms with Crippen LogP contribution in [-0.4, -0.2) is 22.3 Å². The first-order valence-corrected chi connectivity index (χ1v) is 3.65. The summed E-state index contributed by atoms with van der Waals surface area (Å²) in [4.78, 5) is 10.6. The van der Waals surface area contributed by atoms with Crippen LogP contribution in [0.5, 0.6) is 0 Å². The van der Waals surface area contributed by atoms with E-state index in [0.29, 0.717) is 12.8 Å². The molecule has 0 saturated carbocycles. The predicted octanol–water partition coefficient (Wildman–Crippen LogP) is 0.788. The van der Waals surface area contributed by atoms with Gasteiger partial charge in [0.2, 0.25) is 0 Å². The molecule has 1 rings (SSSR count). The minimum absolute atomic E-state index is 0.456. The lowest BCUT2D eigenvalue weighted by Gasteiger charge is -2.25. The quantitative estimate of drug-likeness (QED) is 0.552. The van der Waals surface area contributed by atoms with E-state index in [1.54, 1.807) is 19.1 Å². The number of hydrogen-bond acceptors (Lipinski definition) is 2. The van der Waals surface area contributed by atoms with Gasteiger partial charge in [-0.1, -0.05) is 12.2 Å². The fraction of sp³-hybridized carbons (Fsp3) is 0.625. The number of aliphatic carboxylic acids is 1. The molecule has 0 aromatic rings. The van der Waals surface area contributed by atoms with Crippen molar-refractivity contribution in [1.29, 1.82) is 0 Å². The van der Waals surface area contributed by atoms with Gasteiger partial charge in [0.05, 0.1) is 11.5 Å². The van der Waals surface area contributed by atoms with Crippen molar-refractivity contribution < 1.29 is 15.0 Å². The second kappa shape index (κ2) is 2.66. The predicted molar refractivity (Wildman–Crippen MR) is 40.1 cm³/mol. The third-order valence-corrected chi connectivity index (χ3v) is 2.13. The van der Waals surface area contributed by atoms with Gasteiger partial charge in [0.25, 0.3) is 0 Å². The smallest absolute Gasteiger partial charge is 0.313 e. The maximum Gasteiger partial charge on any atom is 0.313 e. The summed E-state index contributed by atoms with van der Waals surface area (Å²) >= 11 is 0. The Morgan fingerprint density at radius 3 is 2.73 bits per heavy atom. The molecule has 2 atom stereocenters. The average Bonchev–Trinajstić information content (AvgIpc) is 1.95. The summed E-state index contributed by atoms with van der Waals surface area (Å²) in [5.74, 6) is -0.819. The number of rotatable bonds is 1. The maximum atomic E-state index is 10.6. The monoisotopic (exact) mass is 156 g/mol. The summed E-state index contributed by atoms with van der Waals surface area (Å²) in [6, 6.07) is 0. The van der Waals surface area contributed by atoms with Crippen molar-refractivity contribution in [2.45, 2.75) is 25.9 Å². The fourth-order valence-corrected chi connectivity index (χ4v) is 1.13.